The fraction of sp³-hybridized carbons (Fsp3) is 0.188. The summed E-state index contributed by atoms with van der Waals surface area (Å²) in [6, 6.07) is 8.50. The lowest BCUT2D eigenvalue weighted by Crippen LogP contribution is -2.25. The van der Waals surface area contributed by atoms with Gasteiger partial charge < -0.3 is 5.32 Å². The van der Waals surface area contributed by atoms with Gasteiger partial charge in [0.05, 0.1) is 5.56 Å². The molecule has 3 rings (SSSR count). The van der Waals surface area contributed by atoms with Crippen LogP contribution in [0.2, 0.25) is 0 Å². The summed E-state index contributed by atoms with van der Waals surface area (Å²) in [5.74, 6) is -1.35. The third-order valence-corrected chi connectivity index (χ3v) is 3.42. The Bertz CT molecular complexity index is 847. The molecule has 5 nitrogen and oxygen atoms in total. The van der Waals surface area contributed by atoms with Crippen molar-refractivity contribution in [1.29, 1.82) is 0 Å². The van der Waals surface area contributed by atoms with Gasteiger partial charge in [-0.1, -0.05) is 6.07 Å². The molecule has 0 radical (unpaired) electrons. The smallest absolute Gasteiger partial charge is 0.254 e. The molecule has 0 aliphatic carbocycles. The second-order valence-corrected chi connectivity index (χ2v) is 5.03. The number of halogens is 2. The van der Waals surface area contributed by atoms with Gasteiger partial charge in [-0.15, -0.1) is 10.2 Å². The first kappa shape index (κ1) is 15.1. The van der Waals surface area contributed by atoms with Crippen molar-refractivity contribution in [2.75, 3.05) is 6.54 Å². The number of benzene rings is 1. The van der Waals surface area contributed by atoms with Crippen molar-refractivity contribution in [1.82, 2.24) is 19.9 Å². The van der Waals surface area contributed by atoms with E-state index in [2.05, 4.69) is 15.5 Å². The molecule has 0 aliphatic heterocycles. The van der Waals surface area contributed by atoms with Gasteiger partial charge in [0, 0.05) is 25.2 Å². The first-order valence-electron chi connectivity index (χ1n) is 7.17. The predicted molar refractivity (Wildman–Crippen MR) is 80.0 cm³/mol. The van der Waals surface area contributed by atoms with Crippen molar-refractivity contribution in [2.24, 2.45) is 0 Å². The second-order valence-electron chi connectivity index (χ2n) is 5.03. The molecule has 2 aromatic heterocycles. The minimum Gasteiger partial charge on any atom is -0.352 e. The number of carbonyl (C=O) groups is 1. The molecule has 0 bridgehead atoms. The molecule has 1 amide bonds. The Hall–Kier alpha value is -2.83. The first-order chi connectivity index (χ1) is 11.1. The van der Waals surface area contributed by atoms with Crippen LogP contribution in [-0.2, 0) is 6.42 Å². The molecule has 7 heteroatoms. The first-order valence-corrected chi connectivity index (χ1v) is 7.17. The van der Waals surface area contributed by atoms with Crippen LogP contribution in [0.25, 0.3) is 5.65 Å². The lowest BCUT2D eigenvalue weighted by Gasteiger charge is -2.06. The van der Waals surface area contributed by atoms with Crippen LogP contribution < -0.4 is 5.32 Å². The number of aryl methyl sites for hydroxylation is 1. The summed E-state index contributed by atoms with van der Waals surface area (Å²) in [6.45, 7) is 0.359. The number of nitrogens with zero attached hydrogens (tertiary/aromatic N) is 3. The molecule has 118 valence electrons. The van der Waals surface area contributed by atoms with Crippen LogP contribution >= 0.6 is 0 Å². The van der Waals surface area contributed by atoms with Crippen LogP contribution in [0.1, 0.15) is 22.6 Å². The molecule has 0 aliphatic rings. The second kappa shape index (κ2) is 6.51. The van der Waals surface area contributed by atoms with E-state index in [9.17, 15) is 13.6 Å². The number of carbonyl (C=O) groups excluding carboxylic acids is 1. The molecule has 0 unspecified atom stereocenters. The zero-order chi connectivity index (χ0) is 16.2. The summed E-state index contributed by atoms with van der Waals surface area (Å²) in [7, 11) is 0. The summed E-state index contributed by atoms with van der Waals surface area (Å²) in [4.78, 5) is 11.8. The Morgan fingerprint density at radius 3 is 2.87 bits per heavy atom. The quantitative estimate of drug-likeness (QED) is 0.735. The highest BCUT2D eigenvalue weighted by molar-refractivity contribution is 5.94. The Balaban J connectivity index is 1.54. The molecular weight excluding hydrogens is 302 g/mol. The van der Waals surface area contributed by atoms with Gasteiger partial charge in [0.25, 0.3) is 5.91 Å². The van der Waals surface area contributed by atoms with E-state index in [0.29, 0.717) is 25.5 Å². The number of aromatic nitrogens is 3. The summed E-state index contributed by atoms with van der Waals surface area (Å²) in [5.41, 5.74) is 0.597. The van der Waals surface area contributed by atoms with Crippen LogP contribution in [0.4, 0.5) is 8.78 Å². The minimum atomic E-state index is -0.869. The van der Waals surface area contributed by atoms with Gasteiger partial charge in [0.15, 0.2) is 5.65 Å². The Labute approximate surface area is 131 Å². The number of fused-ring (bicyclic) bond motifs is 1. The maximum atomic E-state index is 13.5. The largest absolute Gasteiger partial charge is 0.352 e. The van der Waals surface area contributed by atoms with Gasteiger partial charge >= 0.3 is 0 Å². The average molecular weight is 316 g/mol. The molecule has 0 saturated carbocycles. The Morgan fingerprint density at radius 2 is 2.04 bits per heavy atom. The standard InChI is InChI=1S/C16H14F2N4O/c17-11-6-7-12(13(18)10-11)16(23)19-8-3-5-15-21-20-14-4-1-2-9-22(14)15/h1-2,4,6-7,9-10H,3,5,8H2,(H,19,23). The molecule has 0 spiro atoms. The number of hydrogen-bond donors (Lipinski definition) is 1. The highest BCUT2D eigenvalue weighted by Crippen LogP contribution is 2.09. The molecule has 23 heavy (non-hydrogen) atoms. The number of amides is 1. The van der Waals surface area contributed by atoms with E-state index in [1.54, 1.807) is 0 Å². The highest BCUT2D eigenvalue weighted by Gasteiger charge is 2.12. The monoisotopic (exact) mass is 316 g/mol. The summed E-state index contributed by atoms with van der Waals surface area (Å²) < 4.78 is 28.2. The van der Waals surface area contributed by atoms with Crippen molar-refractivity contribution in [3.05, 3.63) is 65.6 Å². The van der Waals surface area contributed by atoms with Crippen LogP contribution in [0.3, 0.4) is 0 Å². The molecule has 0 atom stereocenters. The van der Waals surface area contributed by atoms with Gasteiger partial charge in [-0.05, 0) is 30.7 Å². The third kappa shape index (κ3) is 3.33. The maximum absolute atomic E-state index is 13.5. The van der Waals surface area contributed by atoms with Gasteiger partial charge in [-0.25, -0.2) is 8.78 Å². The molecule has 0 fully saturated rings. The number of rotatable bonds is 5. The van der Waals surface area contributed by atoms with Crippen LogP contribution in [0.5, 0.6) is 0 Å². The van der Waals surface area contributed by atoms with Crippen molar-refractivity contribution in [2.45, 2.75) is 12.8 Å². The number of hydrogen-bond acceptors (Lipinski definition) is 3. The maximum Gasteiger partial charge on any atom is 0.254 e. The Kier molecular flexibility index (Phi) is 4.27. The lowest BCUT2D eigenvalue weighted by atomic mass is 10.2. The van der Waals surface area contributed by atoms with E-state index < -0.39 is 17.5 Å². The molecule has 1 N–H and O–H groups in total. The average Bonchev–Trinajstić information content (AvgIpc) is 2.94. The van der Waals surface area contributed by atoms with E-state index in [-0.39, 0.29) is 5.56 Å². The van der Waals surface area contributed by atoms with E-state index in [0.717, 1.165) is 23.6 Å². The molecule has 0 saturated heterocycles. The molecule has 1 aromatic carbocycles. The van der Waals surface area contributed by atoms with E-state index >= 15 is 0 Å². The fourth-order valence-corrected chi connectivity index (χ4v) is 2.28. The summed E-state index contributed by atoms with van der Waals surface area (Å²) in [5, 5.41) is 10.7. The highest BCUT2D eigenvalue weighted by atomic mass is 19.1. The minimum absolute atomic E-state index is 0.167. The van der Waals surface area contributed by atoms with Crippen molar-refractivity contribution in [3.8, 4) is 0 Å². The molecule has 2 heterocycles. The van der Waals surface area contributed by atoms with E-state index in [1.165, 1.54) is 0 Å². The SMILES string of the molecule is O=C(NCCCc1nnc2ccccn12)c1ccc(F)cc1F. The van der Waals surface area contributed by atoms with Crippen LogP contribution in [0, 0.1) is 11.6 Å². The van der Waals surface area contributed by atoms with E-state index in [1.807, 2.05) is 28.8 Å². The van der Waals surface area contributed by atoms with Gasteiger partial charge in [0.1, 0.15) is 17.5 Å². The normalized spacial score (nSPS) is 10.9. The molecule has 3 aromatic rings. The van der Waals surface area contributed by atoms with E-state index in [4.69, 9.17) is 0 Å². The van der Waals surface area contributed by atoms with Gasteiger partial charge in [-0.2, -0.15) is 0 Å². The Morgan fingerprint density at radius 1 is 1.17 bits per heavy atom. The zero-order valence-electron chi connectivity index (χ0n) is 12.2. The molecular formula is C16H14F2N4O. The van der Waals surface area contributed by atoms with Crippen LogP contribution in [0.15, 0.2) is 42.6 Å². The van der Waals surface area contributed by atoms with Gasteiger partial charge in [0.2, 0.25) is 0 Å². The lowest BCUT2D eigenvalue weighted by molar-refractivity contribution is 0.0949. The number of pyridine rings is 1. The van der Waals surface area contributed by atoms with Crippen molar-refractivity contribution >= 4 is 11.6 Å². The van der Waals surface area contributed by atoms with Crippen molar-refractivity contribution < 1.29 is 13.6 Å². The zero-order valence-corrected chi connectivity index (χ0v) is 12.2. The topological polar surface area (TPSA) is 59.3 Å². The van der Waals surface area contributed by atoms with Crippen molar-refractivity contribution in [3.63, 3.8) is 0 Å². The predicted octanol–water partition coefficient (Wildman–Crippen LogP) is 2.37. The third-order valence-electron chi connectivity index (χ3n) is 3.42. The van der Waals surface area contributed by atoms with Gasteiger partial charge in [-0.3, -0.25) is 9.20 Å². The summed E-state index contributed by atoms with van der Waals surface area (Å²) in [6.07, 6.45) is 3.12. The summed E-state index contributed by atoms with van der Waals surface area (Å²) >= 11 is 0. The van der Waals surface area contributed by atoms with Crippen LogP contribution in [-0.4, -0.2) is 27.0 Å². The number of nitrogens with one attached hydrogen (secondary N) is 1. The fourth-order valence-electron chi connectivity index (χ4n) is 2.28.